The Bertz CT molecular complexity index is 1040. The molecule has 3 nitrogen and oxygen atoms in total. The standard InChI is InChI=1S/C29H36BrFN2OSi/c1-29(2,3)35(26-10-6-4-7-11-26,27-12-8-5-9-13-27)34-21-20-32-16-18-33(19-17-32)23-24-14-15-25(30)22-28(24)31/h4-15,22H,16-21,23H2,1-3H3. The average molecular weight is 556 g/mol. The van der Waals surface area contributed by atoms with Crippen molar-refractivity contribution in [1.29, 1.82) is 0 Å². The van der Waals surface area contributed by atoms with Crippen molar-refractivity contribution in [3.05, 3.63) is 94.7 Å². The van der Waals surface area contributed by atoms with E-state index in [4.69, 9.17) is 4.43 Å². The molecule has 0 unspecified atom stereocenters. The van der Waals surface area contributed by atoms with Gasteiger partial charge in [0.05, 0.1) is 0 Å². The second kappa shape index (κ2) is 11.5. The minimum Gasteiger partial charge on any atom is -0.406 e. The van der Waals surface area contributed by atoms with Crippen LogP contribution in [0.1, 0.15) is 26.3 Å². The van der Waals surface area contributed by atoms with Gasteiger partial charge in [0.1, 0.15) is 5.82 Å². The largest absolute Gasteiger partial charge is 0.406 e. The van der Waals surface area contributed by atoms with Crippen molar-refractivity contribution in [1.82, 2.24) is 9.80 Å². The predicted molar refractivity (Wildman–Crippen MR) is 149 cm³/mol. The Kier molecular flexibility index (Phi) is 8.61. The highest BCUT2D eigenvalue weighted by Gasteiger charge is 2.50. The predicted octanol–water partition coefficient (Wildman–Crippen LogP) is 5.28. The van der Waals surface area contributed by atoms with Crippen molar-refractivity contribution >= 4 is 34.6 Å². The maximum absolute atomic E-state index is 14.3. The Hall–Kier alpha value is -1.83. The molecule has 1 aliphatic heterocycles. The van der Waals surface area contributed by atoms with E-state index in [0.717, 1.165) is 42.8 Å². The van der Waals surface area contributed by atoms with Gasteiger partial charge in [0, 0.05) is 55.9 Å². The van der Waals surface area contributed by atoms with E-state index in [9.17, 15) is 4.39 Å². The van der Waals surface area contributed by atoms with Crippen LogP contribution in [0.5, 0.6) is 0 Å². The highest BCUT2D eigenvalue weighted by atomic mass is 79.9. The van der Waals surface area contributed by atoms with Gasteiger partial charge in [0.25, 0.3) is 8.32 Å². The maximum atomic E-state index is 14.3. The summed E-state index contributed by atoms with van der Waals surface area (Å²) in [6, 6.07) is 27.0. The summed E-state index contributed by atoms with van der Waals surface area (Å²) in [5.41, 5.74) is 0.761. The van der Waals surface area contributed by atoms with Crippen molar-refractivity contribution in [2.45, 2.75) is 32.4 Å². The first-order valence-electron chi connectivity index (χ1n) is 12.4. The van der Waals surface area contributed by atoms with Crippen LogP contribution in [-0.2, 0) is 11.0 Å². The van der Waals surface area contributed by atoms with Gasteiger partial charge >= 0.3 is 0 Å². The van der Waals surface area contributed by atoms with E-state index in [1.165, 1.54) is 10.4 Å². The van der Waals surface area contributed by atoms with Crippen LogP contribution in [0.4, 0.5) is 4.39 Å². The summed E-state index contributed by atoms with van der Waals surface area (Å²) >= 11 is 3.34. The molecule has 1 heterocycles. The molecule has 186 valence electrons. The Labute approximate surface area is 219 Å². The molecule has 0 amide bonds. The van der Waals surface area contributed by atoms with Gasteiger partial charge in [-0.2, -0.15) is 0 Å². The lowest BCUT2D eigenvalue weighted by Gasteiger charge is -2.43. The van der Waals surface area contributed by atoms with Crippen molar-refractivity contribution in [3.8, 4) is 0 Å². The van der Waals surface area contributed by atoms with Gasteiger partial charge in [-0.05, 0) is 27.5 Å². The maximum Gasteiger partial charge on any atom is 0.261 e. The van der Waals surface area contributed by atoms with Crippen molar-refractivity contribution in [3.63, 3.8) is 0 Å². The molecular weight excluding hydrogens is 519 g/mol. The van der Waals surface area contributed by atoms with Crippen molar-refractivity contribution in [2.24, 2.45) is 0 Å². The van der Waals surface area contributed by atoms with Crippen LogP contribution in [0.15, 0.2) is 83.3 Å². The molecular formula is C29H36BrFN2OSi. The minimum absolute atomic E-state index is 0.0108. The zero-order valence-electron chi connectivity index (χ0n) is 21.0. The van der Waals surface area contributed by atoms with Crippen molar-refractivity contribution < 1.29 is 8.82 Å². The SMILES string of the molecule is CC(C)(C)[Si](OCCN1CCN(Cc2ccc(Br)cc2F)CC1)(c1ccccc1)c1ccccc1. The summed E-state index contributed by atoms with van der Waals surface area (Å²) in [6.07, 6.45) is 0. The van der Waals surface area contributed by atoms with Gasteiger partial charge in [0.15, 0.2) is 0 Å². The number of piperazine rings is 1. The molecule has 1 aliphatic rings. The van der Waals surface area contributed by atoms with Crippen molar-refractivity contribution in [2.75, 3.05) is 39.3 Å². The Morgan fingerprint density at radius 2 is 1.37 bits per heavy atom. The quantitative estimate of drug-likeness (QED) is 0.352. The highest BCUT2D eigenvalue weighted by molar-refractivity contribution is 9.10. The molecule has 3 aromatic rings. The average Bonchev–Trinajstić information content (AvgIpc) is 2.85. The highest BCUT2D eigenvalue weighted by Crippen LogP contribution is 2.36. The molecule has 0 saturated carbocycles. The Morgan fingerprint density at radius 3 is 1.89 bits per heavy atom. The molecule has 0 bridgehead atoms. The van der Waals surface area contributed by atoms with Gasteiger partial charge in [-0.15, -0.1) is 0 Å². The summed E-state index contributed by atoms with van der Waals surface area (Å²) in [5.74, 6) is -0.138. The molecule has 0 radical (unpaired) electrons. The molecule has 35 heavy (non-hydrogen) atoms. The summed E-state index contributed by atoms with van der Waals surface area (Å²) in [7, 11) is -2.49. The number of hydrogen-bond donors (Lipinski definition) is 0. The summed E-state index contributed by atoms with van der Waals surface area (Å²) in [4.78, 5) is 4.82. The third-order valence-electron chi connectivity index (χ3n) is 7.02. The molecule has 0 aliphatic carbocycles. The molecule has 0 atom stereocenters. The summed E-state index contributed by atoms with van der Waals surface area (Å²) < 4.78 is 22.1. The molecule has 4 rings (SSSR count). The van der Waals surface area contributed by atoms with E-state index in [1.54, 1.807) is 6.07 Å². The van der Waals surface area contributed by atoms with E-state index in [1.807, 2.05) is 12.1 Å². The van der Waals surface area contributed by atoms with Gasteiger partial charge in [-0.3, -0.25) is 9.80 Å². The number of halogens is 2. The lowest BCUT2D eigenvalue weighted by molar-refractivity contribution is 0.110. The fourth-order valence-electron chi connectivity index (χ4n) is 5.15. The lowest BCUT2D eigenvalue weighted by atomic mass is 10.2. The smallest absolute Gasteiger partial charge is 0.261 e. The van der Waals surface area contributed by atoms with Crippen LogP contribution in [0, 0.1) is 5.82 Å². The Balaban J connectivity index is 1.41. The molecule has 1 saturated heterocycles. The van der Waals surface area contributed by atoms with E-state index in [2.05, 4.69) is 107 Å². The minimum atomic E-state index is -2.49. The van der Waals surface area contributed by atoms with Gasteiger partial charge in [-0.1, -0.05) is 103 Å². The first-order valence-corrected chi connectivity index (χ1v) is 15.1. The van der Waals surface area contributed by atoms with E-state index in [0.29, 0.717) is 13.2 Å². The summed E-state index contributed by atoms with van der Waals surface area (Å²) in [6.45, 7) is 13.1. The van der Waals surface area contributed by atoms with E-state index in [-0.39, 0.29) is 10.9 Å². The number of rotatable bonds is 8. The Morgan fingerprint density at radius 1 is 0.829 bits per heavy atom. The van der Waals surface area contributed by atoms with Gasteiger partial charge < -0.3 is 4.43 Å². The van der Waals surface area contributed by atoms with Crippen LogP contribution in [-0.4, -0.2) is 57.4 Å². The zero-order chi connectivity index (χ0) is 24.9. The van der Waals surface area contributed by atoms with Crippen LogP contribution in [0.2, 0.25) is 5.04 Å². The van der Waals surface area contributed by atoms with Crippen LogP contribution in [0.25, 0.3) is 0 Å². The molecule has 1 fully saturated rings. The van der Waals surface area contributed by atoms with E-state index < -0.39 is 8.32 Å². The lowest BCUT2D eigenvalue weighted by Crippen LogP contribution is -2.67. The summed E-state index contributed by atoms with van der Waals surface area (Å²) in [5, 5.41) is 2.63. The number of nitrogens with zero attached hydrogens (tertiary/aromatic N) is 2. The number of benzene rings is 3. The first kappa shape index (κ1) is 26.2. The fraction of sp³-hybridized carbons (Fsp3) is 0.379. The molecule has 6 heteroatoms. The van der Waals surface area contributed by atoms with Crippen LogP contribution in [0.3, 0.4) is 0 Å². The van der Waals surface area contributed by atoms with E-state index >= 15 is 0 Å². The second-order valence-electron chi connectivity index (χ2n) is 10.4. The molecule has 0 spiro atoms. The first-order chi connectivity index (χ1) is 16.8. The molecule has 3 aromatic carbocycles. The third kappa shape index (κ3) is 6.12. The normalized spacial score (nSPS) is 15.9. The second-order valence-corrected chi connectivity index (χ2v) is 15.6. The van der Waals surface area contributed by atoms with Crippen LogP contribution >= 0.6 is 15.9 Å². The fourth-order valence-corrected chi connectivity index (χ4v) is 10.0. The monoisotopic (exact) mass is 554 g/mol. The van der Waals surface area contributed by atoms with Gasteiger partial charge in [-0.25, -0.2) is 4.39 Å². The topological polar surface area (TPSA) is 15.7 Å². The molecule has 0 aromatic heterocycles. The number of hydrogen-bond acceptors (Lipinski definition) is 3. The van der Waals surface area contributed by atoms with Gasteiger partial charge in [0.2, 0.25) is 0 Å². The van der Waals surface area contributed by atoms with Crippen LogP contribution < -0.4 is 10.4 Å². The molecule has 0 N–H and O–H groups in total. The zero-order valence-corrected chi connectivity index (χ0v) is 23.6. The third-order valence-corrected chi connectivity index (χ3v) is 12.6.